The van der Waals surface area contributed by atoms with E-state index in [1.54, 1.807) is 0 Å². The Kier molecular flexibility index (Phi) is 5.25. The second-order valence-corrected chi connectivity index (χ2v) is 6.97. The van der Waals surface area contributed by atoms with Crippen LogP contribution in [0.4, 0.5) is 0 Å². The van der Waals surface area contributed by atoms with E-state index in [4.69, 9.17) is 4.74 Å². The largest absolute Gasteiger partial charge is 0.381 e. The lowest BCUT2D eigenvalue weighted by Gasteiger charge is -2.43. The van der Waals surface area contributed by atoms with E-state index < -0.39 is 0 Å². The molecule has 2 unspecified atom stereocenters. The molecule has 0 aromatic heterocycles. The zero-order valence-electron chi connectivity index (χ0n) is 13.6. The van der Waals surface area contributed by atoms with Crippen LogP contribution in [0.15, 0.2) is 0 Å². The predicted molar refractivity (Wildman–Crippen MR) is 80.7 cm³/mol. The fraction of sp³-hybridized carbons (Fsp3) is 0.875. The molecule has 2 aliphatic rings. The van der Waals surface area contributed by atoms with Crippen LogP contribution in [0, 0.1) is 17.8 Å². The average Bonchev–Trinajstić information content (AvgIpc) is 2.43. The topological polar surface area (TPSA) is 58.6 Å². The summed E-state index contributed by atoms with van der Waals surface area (Å²) in [5.41, 5.74) is 0. The molecule has 0 aliphatic carbocycles. The van der Waals surface area contributed by atoms with Crippen molar-refractivity contribution in [3.63, 3.8) is 0 Å². The van der Waals surface area contributed by atoms with Gasteiger partial charge in [0, 0.05) is 19.8 Å². The molecule has 2 rings (SSSR count). The van der Waals surface area contributed by atoms with Crippen LogP contribution in [-0.2, 0) is 14.3 Å². The fourth-order valence-corrected chi connectivity index (χ4v) is 3.28. The Labute approximate surface area is 127 Å². The van der Waals surface area contributed by atoms with E-state index in [0.717, 1.165) is 26.1 Å². The highest BCUT2D eigenvalue weighted by Gasteiger charge is 2.43. The minimum Gasteiger partial charge on any atom is -0.381 e. The van der Waals surface area contributed by atoms with Gasteiger partial charge in [-0.1, -0.05) is 27.7 Å². The van der Waals surface area contributed by atoms with E-state index in [1.165, 1.54) is 0 Å². The highest BCUT2D eigenvalue weighted by molar-refractivity contribution is 5.97. The average molecular weight is 296 g/mol. The van der Waals surface area contributed by atoms with Crippen LogP contribution >= 0.6 is 0 Å². The van der Waals surface area contributed by atoms with E-state index in [-0.39, 0.29) is 35.7 Å². The van der Waals surface area contributed by atoms with Crippen molar-refractivity contribution >= 4 is 11.8 Å². The number of rotatable bonds is 4. The van der Waals surface area contributed by atoms with E-state index in [1.807, 2.05) is 32.6 Å². The third-order valence-corrected chi connectivity index (χ3v) is 4.55. The molecule has 21 heavy (non-hydrogen) atoms. The van der Waals surface area contributed by atoms with E-state index in [0.29, 0.717) is 12.5 Å². The maximum atomic E-state index is 12.8. The summed E-state index contributed by atoms with van der Waals surface area (Å²) in [5, 5.41) is 2.91. The highest BCUT2D eigenvalue weighted by Crippen LogP contribution is 2.24. The van der Waals surface area contributed by atoms with E-state index in [9.17, 15) is 9.59 Å². The van der Waals surface area contributed by atoms with Gasteiger partial charge in [-0.05, 0) is 30.6 Å². The number of piperazine rings is 1. The highest BCUT2D eigenvalue weighted by atomic mass is 16.5. The smallest absolute Gasteiger partial charge is 0.246 e. The zero-order chi connectivity index (χ0) is 15.6. The molecule has 0 bridgehead atoms. The molecule has 2 heterocycles. The summed E-state index contributed by atoms with van der Waals surface area (Å²) in [6, 6.07) is -0.720. The van der Waals surface area contributed by atoms with Crippen LogP contribution in [0.1, 0.15) is 40.5 Å². The van der Waals surface area contributed by atoms with Gasteiger partial charge in [-0.2, -0.15) is 0 Å². The molecule has 0 aromatic carbocycles. The van der Waals surface area contributed by atoms with Crippen LogP contribution in [-0.4, -0.2) is 48.6 Å². The monoisotopic (exact) mass is 296 g/mol. The number of nitrogens with zero attached hydrogens (tertiary/aromatic N) is 1. The summed E-state index contributed by atoms with van der Waals surface area (Å²) >= 11 is 0. The number of amides is 2. The van der Waals surface area contributed by atoms with Crippen molar-refractivity contribution in [3.05, 3.63) is 0 Å². The molecule has 2 saturated heterocycles. The van der Waals surface area contributed by atoms with Crippen molar-refractivity contribution in [2.45, 2.75) is 52.6 Å². The number of hydrogen-bond donors (Lipinski definition) is 1. The maximum Gasteiger partial charge on any atom is 0.246 e. The van der Waals surface area contributed by atoms with Crippen molar-refractivity contribution in [2.75, 3.05) is 19.8 Å². The molecule has 1 N–H and O–H groups in total. The summed E-state index contributed by atoms with van der Waals surface area (Å²) in [4.78, 5) is 27.0. The predicted octanol–water partition coefficient (Wildman–Crippen LogP) is 1.42. The maximum absolute atomic E-state index is 12.8. The lowest BCUT2D eigenvalue weighted by molar-refractivity contribution is -0.153. The lowest BCUT2D eigenvalue weighted by Crippen LogP contribution is -2.66. The molecule has 5 nitrogen and oxygen atoms in total. The number of carbonyl (C=O) groups excluding carboxylic acids is 2. The Balaban J connectivity index is 2.16. The van der Waals surface area contributed by atoms with Gasteiger partial charge in [0.2, 0.25) is 11.8 Å². The number of nitrogens with one attached hydrogen (secondary N) is 1. The second-order valence-electron chi connectivity index (χ2n) is 6.97. The SMILES string of the molecule is CC(C)C1NC(=O)C(C(C)C)N(CC2CCOCC2)C1=O. The van der Waals surface area contributed by atoms with Crippen LogP contribution in [0.2, 0.25) is 0 Å². The zero-order valence-corrected chi connectivity index (χ0v) is 13.6. The molecule has 0 aromatic rings. The summed E-state index contributed by atoms with van der Waals surface area (Å²) < 4.78 is 5.39. The van der Waals surface area contributed by atoms with Gasteiger partial charge in [0.05, 0.1) is 0 Å². The number of ether oxygens (including phenoxy) is 1. The fourth-order valence-electron chi connectivity index (χ4n) is 3.28. The number of carbonyl (C=O) groups is 2. The number of hydrogen-bond acceptors (Lipinski definition) is 3. The molecular weight excluding hydrogens is 268 g/mol. The Morgan fingerprint density at radius 2 is 1.76 bits per heavy atom. The Bertz CT molecular complexity index is 389. The third kappa shape index (κ3) is 3.57. The van der Waals surface area contributed by atoms with Gasteiger partial charge in [-0.25, -0.2) is 0 Å². The first-order valence-electron chi connectivity index (χ1n) is 8.10. The molecule has 0 radical (unpaired) electrons. The Hall–Kier alpha value is -1.10. The van der Waals surface area contributed by atoms with Crippen LogP contribution in [0.5, 0.6) is 0 Å². The van der Waals surface area contributed by atoms with Crippen molar-refractivity contribution in [3.8, 4) is 0 Å². The first kappa shape index (κ1) is 16.3. The Morgan fingerprint density at radius 1 is 1.14 bits per heavy atom. The van der Waals surface area contributed by atoms with Crippen molar-refractivity contribution in [1.29, 1.82) is 0 Å². The van der Waals surface area contributed by atoms with Gasteiger partial charge in [0.25, 0.3) is 0 Å². The van der Waals surface area contributed by atoms with Crippen molar-refractivity contribution < 1.29 is 14.3 Å². The summed E-state index contributed by atoms with van der Waals surface area (Å²) in [7, 11) is 0. The van der Waals surface area contributed by atoms with Crippen LogP contribution in [0.25, 0.3) is 0 Å². The van der Waals surface area contributed by atoms with Crippen LogP contribution in [0.3, 0.4) is 0 Å². The van der Waals surface area contributed by atoms with Crippen molar-refractivity contribution in [2.24, 2.45) is 17.8 Å². The van der Waals surface area contributed by atoms with Gasteiger partial charge in [-0.15, -0.1) is 0 Å². The van der Waals surface area contributed by atoms with Gasteiger partial charge in [0.15, 0.2) is 0 Å². The first-order valence-corrected chi connectivity index (χ1v) is 8.10. The van der Waals surface area contributed by atoms with Crippen LogP contribution < -0.4 is 5.32 Å². The van der Waals surface area contributed by atoms with E-state index in [2.05, 4.69) is 5.32 Å². The molecule has 2 fully saturated rings. The molecule has 0 saturated carbocycles. The molecule has 120 valence electrons. The normalized spacial score (nSPS) is 28.4. The van der Waals surface area contributed by atoms with Gasteiger partial charge in [-0.3, -0.25) is 9.59 Å². The minimum atomic E-state index is -0.382. The van der Waals surface area contributed by atoms with Gasteiger partial charge >= 0.3 is 0 Å². The lowest BCUT2D eigenvalue weighted by atomic mass is 9.90. The van der Waals surface area contributed by atoms with E-state index >= 15 is 0 Å². The minimum absolute atomic E-state index is 0.00430. The molecular formula is C16H28N2O3. The quantitative estimate of drug-likeness (QED) is 0.853. The molecule has 2 amide bonds. The molecule has 2 aliphatic heterocycles. The second kappa shape index (κ2) is 6.77. The van der Waals surface area contributed by atoms with Gasteiger partial charge < -0.3 is 15.0 Å². The standard InChI is InChI=1S/C16H28N2O3/c1-10(2)13-16(20)18(9-12-5-7-21-8-6-12)14(11(3)4)15(19)17-13/h10-14H,5-9H2,1-4H3,(H,17,19). The molecule has 0 spiro atoms. The third-order valence-electron chi connectivity index (χ3n) is 4.55. The summed E-state index contributed by atoms with van der Waals surface area (Å²) in [5.74, 6) is 0.765. The summed E-state index contributed by atoms with van der Waals surface area (Å²) in [6.07, 6.45) is 1.95. The van der Waals surface area contributed by atoms with Crippen molar-refractivity contribution in [1.82, 2.24) is 10.2 Å². The van der Waals surface area contributed by atoms with Gasteiger partial charge in [0.1, 0.15) is 12.1 Å². The first-order chi connectivity index (χ1) is 9.91. The molecule has 2 atom stereocenters. The molecule has 5 heteroatoms. The Morgan fingerprint density at radius 3 is 2.29 bits per heavy atom. The summed E-state index contributed by atoms with van der Waals surface area (Å²) in [6.45, 7) is 10.2.